The number of anilines is 1. The minimum atomic E-state index is 0.611. The van der Waals surface area contributed by atoms with E-state index in [1.165, 1.54) is 5.56 Å². The van der Waals surface area contributed by atoms with E-state index in [1.54, 1.807) is 0 Å². The van der Waals surface area contributed by atoms with Gasteiger partial charge < -0.3 is 15.4 Å². The Kier molecular flexibility index (Phi) is 6.02. The highest BCUT2D eigenvalue weighted by Crippen LogP contribution is 2.04. The Bertz CT molecular complexity index is 517. The quantitative estimate of drug-likeness (QED) is 0.631. The van der Waals surface area contributed by atoms with Crippen molar-refractivity contribution in [2.75, 3.05) is 18.5 Å². The molecule has 0 bridgehead atoms. The van der Waals surface area contributed by atoms with Gasteiger partial charge in [-0.25, -0.2) is 0 Å². The Hall–Kier alpha value is -1.91. The van der Waals surface area contributed by atoms with Crippen molar-refractivity contribution in [3.8, 4) is 0 Å². The van der Waals surface area contributed by atoms with E-state index in [4.69, 9.17) is 17.0 Å². The van der Waals surface area contributed by atoms with Crippen LogP contribution in [0.1, 0.15) is 5.56 Å². The van der Waals surface area contributed by atoms with Crippen LogP contribution in [0.3, 0.4) is 0 Å². The highest BCUT2D eigenvalue weighted by atomic mass is 32.1. The highest BCUT2D eigenvalue weighted by Gasteiger charge is 1.96. The van der Waals surface area contributed by atoms with Crippen molar-refractivity contribution in [2.24, 2.45) is 0 Å². The van der Waals surface area contributed by atoms with E-state index in [-0.39, 0.29) is 0 Å². The smallest absolute Gasteiger partial charge is 0.170 e. The number of hydrogen-bond acceptors (Lipinski definition) is 2. The average molecular weight is 286 g/mol. The van der Waals surface area contributed by atoms with Crippen molar-refractivity contribution in [2.45, 2.75) is 6.61 Å². The molecule has 0 heterocycles. The number of hydrogen-bond donors (Lipinski definition) is 2. The maximum atomic E-state index is 5.57. The number of thiocarbonyl (C=S) groups is 1. The molecule has 104 valence electrons. The minimum Gasteiger partial charge on any atom is -0.375 e. The van der Waals surface area contributed by atoms with Crippen LogP contribution in [0, 0.1) is 0 Å². The maximum absolute atomic E-state index is 5.57. The van der Waals surface area contributed by atoms with Gasteiger partial charge in [-0.05, 0) is 29.9 Å². The number of nitrogens with one attached hydrogen (secondary N) is 2. The zero-order chi connectivity index (χ0) is 14.0. The molecule has 4 heteroatoms. The van der Waals surface area contributed by atoms with Crippen LogP contribution in [0.2, 0.25) is 0 Å². The third-order valence-electron chi connectivity index (χ3n) is 2.68. The van der Waals surface area contributed by atoms with Gasteiger partial charge in [-0.2, -0.15) is 0 Å². The molecule has 0 spiro atoms. The molecule has 0 fully saturated rings. The van der Waals surface area contributed by atoms with E-state index < -0.39 is 0 Å². The molecule has 0 saturated carbocycles. The molecular weight excluding hydrogens is 268 g/mol. The van der Waals surface area contributed by atoms with Gasteiger partial charge in [0.05, 0.1) is 13.2 Å². The molecule has 2 aromatic carbocycles. The molecule has 0 aliphatic carbocycles. The molecule has 0 atom stereocenters. The van der Waals surface area contributed by atoms with E-state index in [9.17, 15) is 0 Å². The Balaban J connectivity index is 1.58. The van der Waals surface area contributed by atoms with E-state index in [2.05, 4.69) is 22.8 Å². The van der Waals surface area contributed by atoms with Crippen LogP contribution in [0.15, 0.2) is 60.7 Å². The first-order valence-corrected chi connectivity index (χ1v) is 6.97. The largest absolute Gasteiger partial charge is 0.375 e. The van der Waals surface area contributed by atoms with Crippen molar-refractivity contribution in [3.05, 3.63) is 66.2 Å². The summed E-state index contributed by atoms with van der Waals surface area (Å²) in [4.78, 5) is 0. The zero-order valence-corrected chi connectivity index (χ0v) is 12.0. The fourth-order valence-corrected chi connectivity index (χ4v) is 1.92. The first kappa shape index (κ1) is 14.5. The summed E-state index contributed by atoms with van der Waals surface area (Å²) in [6.45, 7) is 1.93. The summed E-state index contributed by atoms with van der Waals surface area (Å²) in [6, 6.07) is 20.0. The van der Waals surface area contributed by atoms with Gasteiger partial charge >= 0.3 is 0 Å². The molecule has 0 aromatic heterocycles. The monoisotopic (exact) mass is 286 g/mol. The zero-order valence-electron chi connectivity index (χ0n) is 11.2. The highest BCUT2D eigenvalue weighted by molar-refractivity contribution is 7.80. The van der Waals surface area contributed by atoms with Gasteiger partial charge in [0.25, 0.3) is 0 Å². The van der Waals surface area contributed by atoms with Crippen molar-refractivity contribution < 1.29 is 4.74 Å². The molecule has 2 N–H and O–H groups in total. The standard InChI is InChI=1S/C16H18N2OS/c20-16(18-15-9-5-2-6-10-15)17-11-12-19-13-14-7-3-1-4-8-14/h1-10H,11-13H2,(H2,17,18,20). The van der Waals surface area contributed by atoms with E-state index in [0.29, 0.717) is 24.9 Å². The number of para-hydroxylation sites is 1. The predicted octanol–water partition coefficient (Wildman–Crippen LogP) is 3.19. The Morgan fingerprint density at radius 2 is 1.60 bits per heavy atom. The second-order valence-electron chi connectivity index (χ2n) is 4.29. The molecule has 2 rings (SSSR count). The Morgan fingerprint density at radius 3 is 2.30 bits per heavy atom. The van der Waals surface area contributed by atoms with Crippen molar-refractivity contribution >= 4 is 23.0 Å². The van der Waals surface area contributed by atoms with Crippen LogP contribution in [-0.4, -0.2) is 18.3 Å². The Morgan fingerprint density at radius 1 is 0.950 bits per heavy atom. The van der Waals surface area contributed by atoms with Crippen LogP contribution in [-0.2, 0) is 11.3 Å². The maximum Gasteiger partial charge on any atom is 0.170 e. The normalized spacial score (nSPS) is 10.0. The van der Waals surface area contributed by atoms with Gasteiger partial charge in [-0.1, -0.05) is 48.5 Å². The third-order valence-corrected chi connectivity index (χ3v) is 2.92. The molecule has 0 saturated heterocycles. The second kappa shape index (κ2) is 8.30. The summed E-state index contributed by atoms with van der Waals surface area (Å²) in [6.07, 6.45) is 0. The molecule has 0 unspecified atom stereocenters. The molecule has 0 aliphatic rings. The summed E-state index contributed by atoms with van der Waals surface area (Å²) < 4.78 is 5.57. The van der Waals surface area contributed by atoms with Gasteiger partial charge in [-0.15, -0.1) is 0 Å². The molecular formula is C16H18N2OS. The van der Waals surface area contributed by atoms with E-state index >= 15 is 0 Å². The summed E-state index contributed by atoms with van der Waals surface area (Å²) in [5, 5.41) is 6.84. The predicted molar refractivity (Wildman–Crippen MR) is 86.8 cm³/mol. The van der Waals surface area contributed by atoms with Gasteiger partial charge in [-0.3, -0.25) is 0 Å². The van der Waals surface area contributed by atoms with Crippen molar-refractivity contribution in [3.63, 3.8) is 0 Å². The molecule has 0 radical (unpaired) electrons. The summed E-state index contributed by atoms with van der Waals surface area (Å²) in [5.74, 6) is 0. The van der Waals surface area contributed by atoms with Gasteiger partial charge in [0, 0.05) is 12.2 Å². The van der Waals surface area contributed by atoms with Gasteiger partial charge in [0.1, 0.15) is 0 Å². The minimum absolute atomic E-state index is 0.611. The Labute approximate surface area is 125 Å². The number of ether oxygens (including phenoxy) is 1. The van der Waals surface area contributed by atoms with E-state index in [1.807, 2.05) is 48.5 Å². The molecule has 3 nitrogen and oxygen atoms in total. The van der Waals surface area contributed by atoms with Crippen LogP contribution in [0.5, 0.6) is 0 Å². The third kappa shape index (κ3) is 5.38. The second-order valence-corrected chi connectivity index (χ2v) is 4.69. The van der Waals surface area contributed by atoms with Crippen LogP contribution in [0.25, 0.3) is 0 Å². The SMILES string of the molecule is S=C(NCCOCc1ccccc1)Nc1ccccc1. The molecule has 2 aromatic rings. The lowest BCUT2D eigenvalue weighted by Crippen LogP contribution is -2.31. The van der Waals surface area contributed by atoms with Crippen LogP contribution >= 0.6 is 12.2 Å². The van der Waals surface area contributed by atoms with Gasteiger partial charge in [0.15, 0.2) is 5.11 Å². The molecule has 0 aliphatic heterocycles. The number of benzene rings is 2. The fraction of sp³-hybridized carbons (Fsp3) is 0.188. The van der Waals surface area contributed by atoms with Crippen LogP contribution < -0.4 is 10.6 Å². The lowest BCUT2D eigenvalue weighted by Gasteiger charge is -2.10. The lowest BCUT2D eigenvalue weighted by atomic mass is 10.2. The molecule has 0 amide bonds. The summed E-state index contributed by atoms with van der Waals surface area (Å²) in [5.41, 5.74) is 2.16. The fourth-order valence-electron chi connectivity index (χ4n) is 1.70. The summed E-state index contributed by atoms with van der Waals surface area (Å²) >= 11 is 5.20. The first-order chi connectivity index (χ1) is 9.84. The topological polar surface area (TPSA) is 33.3 Å². The van der Waals surface area contributed by atoms with Crippen molar-refractivity contribution in [1.29, 1.82) is 0 Å². The van der Waals surface area contributed by atoms with Crippen LogP contribution in [0.4, 0.5) is 5.69 Å². The van der Waals surface area contributed by atoms with Gasteiger partial charge in [0.2, 0.25) is 0 Å². The molecule has 20 heavy (non-hydrogen) atoms. The van der Waals surface area contributed by atoms with E-state index in [0.717, 1.165) is 5.69 Å². The lowest BCUT2D eigenvalue weighted by molar-refractivity contribution is 0.125. The number of rotatable bonds is 6. The first-order valence-electron chi connectivity index (χ1n) is 6.56. The summed E-state index contributed by atoms with van der Waals surface area (Å²) in [7, 11) is 0. The average Bonchev–Trinajstić information content (AvgIpc) is 2.49. The van der Waals surface area contributed by atoms with Crippen molar-refractivity contribution in [1.82, 2.24) is 5.32 Å².